The lowest BCUT2D eigenvalue weighted by Crippen LogP contribution is -2.36. The molecule has 0 radical (unpaired) electrons. The highest BCUT2D eigenvalue weighted by molar-refractivity contribution is 5.74. The van der Waals surface area contributed by atoms with Gasteiger partial charge in [0.1, 0.15) is 0 Å². The SMILES string of the molecule is Cc1ccc([C@@H](C(=O)[O-])C2CCOCC2)cc1. The van der Waals surface area contributed by atoms with Crippen LogP contribution in [0.15, 0.2) is 24.3 Å². The molecule has 1 heterocycles. The third-order valence-electron chi connectivity index (χ3n) is 3.43. The van der Waals surface area contributed by atoms with Crippen LogP contribution in [-0.2, 0) is 9.53 Å². The number of benzene rings is 1. The molecule has 1 aromatic rings. The minimum absolute atomic E-state index is 0.136. The number of ether oxygens (including phenoxy) is 1. The molecule has 0 bridgehead atoms. The van der Waals surface area contributed by atoms with Gasteiger partial charge in [-0.25, -0.2) is 0 Å². The van der Waals surface area contributed by atoms with Crippen molar-refractivity contribution in [3.05, 3.63) is 35.4 Å². The molecule has 1 aliphatic heterocycles. The Morgan fingerprint density at radius 1 is 1.29 bits per heavy atom. The molecule has 1 fully saturated rings. The van der Waals surface area contributed by atoms with Gasteiger partial charge in [0, 0.05) is 25.1 Å². The van der Waals surface area contributed by atoms with E-state index in [0.29, 0.717) is 13.2 Å². The molecule has 1 saturated heterocycles. The first kappa shape index (κ1) is 12.1. The average molecular weight is 233 g/mol. The van der Waals surface area contributed by atoms with Crippen molar-refractivity contribution in [3.8, 4) is 0 Å². The Hall–Kier alpha value is -1.35. The number of carboxylic acids is 1. The van der Waals surface area contributed by atoms with E-state index in [2.05, 4.69) is 0 Å². The number of hydrogen-bond acceptors (Lipinski definition) is 3. The van der Waals surface area contributed by atoms with Crippen molar-refractivity contribution >= 4 is 5.97 Å². The molecule has 3 nitrogen and oxygen atoms in total. The third kappa shape index (κ3) is 2.86. The van der Waals surface area contributed by atoms with E-state index < -0.39 is 11.9 Å². The van der Waals surface area contributed by atoms with Crippen LogP contribution in [0, 0.1) is 12.8 Å². The van der Waals surface area contributed by atoms with Crippen molar-refractivity contribution in [1.82, 2.24) is 0 Å². The van der Waals surface area contributed by atoms with Crippen LogP contribution >= 0.6 is 0 Å². The van der Waals surface area contributed by atoms with E-state index >= 15 is 0 Å². The fourth-order valence-electron chi connectivity index (χ4n) is 2.42. The smallest absolute Gasteiger partial charge is 0.0492 e. The van der Waals surface area contributed by atoms with Crippen LogP contribution in [0.1, 0.15) is 29.9 Å². The molecular weight excluding hydrogens is 216 g/mol. The first-order valence-electron chi connectivity index (χ1n) is 6.03. The van der Waals surface area contributed by atoms with Gasteiger partial charge in [-0.1, -0.05) is 29.8 Å². The summed E-state index contributed by atoms with van der Waals surface area (Å²) in [5.74, 6) is -1.34. The molecule has 92 valence electrons. The second-order valence-corrected chi connectivity index (χ2v) is 4.66. The Balaban J connectivity index is 2.21. The van der Waals surface area contributed by atoms with Crippen molar-refractivity contribution in [2.45, 2.75) is 25.7 Å². The molecule has 2 rings (SSSR count). The summed E-state index contributed by atoms with van der Waals surface area (Å²) in [5.41, 5.74) is 1.99. The summed E-state index contributed by atoms with van der Waals surface area (Å²) in [5, 5.41) is 11.3. The molecule has 0 amide bonds. The van der Waals surface area contributed by atoms with Crippen molar-refractivity contribution in [3.63, 3.8) is 0 Å². The molecule has 0 saturated carbocycles. The standard InChI is InChI=1S/C14H18O3/c1-10-2-4-11(5-3-10)13(14(15)16)12-6-8-17-9-7-12/h2-5,12-13H,6-9H2,1H3,(H,15,16)/p-1/t13-/m1/s1. The lowest BCUT2D eigenvalue weighted by Gasteiger charge is -2.31. The van der Waals surface area contributed by atoms with E-state index in [1.165, 1.54) is 0 Å². The molecular formula is C14H17O3-. The van der Waals surface area contributed by atoms with Gasteiger partial charge < -0.3 is 14.6 Å². The summed E-state index contributed by atoms with van der Waals surface area (Å²) in [6, 6.07) is 7.69. The average Bonchev–Trinajstić information content (AvgIpc) is 2.33. The minimum Gasteiger partial charge on any atom is -0.549 e. The maximum atomic E-state index is 11.3. The maximum Gasteiger partial charge on any atom is 0.0492 e. The minimum atomic E-state index is -0.972. The highest BCUT2D eigenvalue weighted by Crippen LogP contribution is 2.31. The second kappa shape index (κ2) is 5.32. The van der Waals surface area contributed by atoms with Crippen LogP contribution in [-0.4, -0.2) is 19.2 Å². The van der Waals surface area contributed by atoms with Crippen molar-refractivity contribution < 1.29 is 14.6 Å². The third-order valence-corrected chi connectivity index (χ3v) is 3.43. The van der Waals surface area contributed by atoms with Crippen LogP contribution in [0.4, 0.5) is 0 Å². The number of aryl methyl sites for hydroxylation is 1. The summed E-state index contributed by atoms with van der Waals surface area (Å²) >= 11 is 0. The predicted molar refractivity (Wildman–Crippen MR) is 62.5 cm³/mol. The van der Waals surface area contributed by atoms with E-state index in [0.717, 1.165) is 24.0 Å². The van der Waals surface area contributed by atoms with Gasteiger partial charge in [-0.3, -0.25) is 0 Å². The quantitative estimate of drug-likeness (QED) is 0.789. The number of hydrogen-bond donors (Lipinski definition) is 0. The van der Waals surface area contributed by atoms with Gasteiger partial charge in [0.2, 0.25) is 0 Å². The zero-order valence-corrected chi connectivity index (χ0v) is 10.0. The van der Waals surface area contributed by atoms with E-state index in [1.54, 1.807) is 0 Å². The topological polar surface area (TPSA) is 49.4 Å². The normalized spacial score (nSPS) is 18.9. The second-order valence-electron chi connectivity index (χ2n) is 4.66. The summed E-state index contributed by atoms with van der Waals surface area (Å²) in [4.78, 5) is 11.3. The lowest BCUT2D eigenvalue weighted by atomic mass is 9.81. The number of carboxylic acid groups (broad SMARTS) is 1. The van der Waals surface area contributed by atoms with Gasteiger partial charge in [-0.2, -0.15) is 0 Å². The highest BCUT2D eigenvalue weighted by Gasteiger charge is 2.26. The Kier molecular flexibility index (Phi) is 3.79. The fraction of sp³-hybridized carbons (Fsp3) is 0.500. The van der Waals surface area contributed by atoms with E-state index in [4.69, 9.17) is 4.74 Å². The highest BCUT2D eigenvalue weighted by atomic mass is 16.5. The predicted octanol–water partition coefficient (Wildman–Crippen LogP) is 1.26. The number of rotatable bonds is 3. The van der Waals surface area contributed by atoms with Crippen LogP contribution in [0.2, 0.25) is 0 Å². The molecule has 0 aromatic heterocycles. The van der Waals surface area contributed by atoms with Crippen molar-refractivity contribution in [2.75, 3.05) is 13.2 Å². The lowest BCUT2D eigenvalue weighted by molar-refractivity contribution is -0.309. The van der Waals surface area contributed by atoms with Gasteiger partial charge in [-0.05, 0) is 31.2 Å². The molecule has 1 aromatic carbocycles. The molecule has 0 unspecified atom stereocenters. The molecule has 3 heteroatoms. The zero-order chi connectivity index (χ0) is 12.3. The molecule has 0 N–H and O–H groups in total. The summed E-state index contributed by atoms with van der Waals surface area (Å²) in [6.45, 7) is 3.30. The molecule has 17 heavy (non-hydrogen) atoms. The largest absolute Gasteiger partial charge is 0.549 e. The Labute approximate surface area is 101 Å². The van der Waals surface area contributed by atoms with Gasteiger partial charge in [-0.15, -0.1) is 0 Å². The zero-order valence-electron chi connectivity index (χ0n) is 10.0. The monoisotopic (exact) mass is 233 g/mol. The van der Waals surface area contributed by atoms with Gasteiger partial charge in [0.15, 0.2) is 0 Å². The van der Waals surface area contributed by atoms with E-state index in [-0.39, 0.29) is 5.92 Å². The molecule has 0 spiro atoms. The molecule has 1 atom stereocenters. The van der Waals surface area contributed by atoms with Crippen LogP contribution in [0.25, 0.3) is 0 Å². The van der Waals surface area contributed by atoms with Gasteiger partial charge in [0.25, 0.3) is 0 Å². The van der Waals surface area contributed by atoms with Gasteiger partial charge >= 0.3 is 0 Å². The number of aliphatic carboxylic acids is 1. The number of carbonyl (C=O) groups excluding carboxylic acids is 1. The summed E-state index contributed by atoms with van der Waals surface area (Å²) in [7, 11) is 0. The molecule has 1 aliphatic rings. The van der Waals surface area contributed by atoms with Crippen LogP contribution in [0.3, 0.4) is 0 Å². The van der Waals surface area contributed by atoms with E-state index in [1.807, 2.05) is 31.2 Å². The van der Waals surface area contributed by atoms with Crippen molar-refractivity contribution in [1.29, 1.82) is 0 Å². The van der Waals surface area contributed by atoms with Crippen LogP contribution in [0.5, 0.6) is 0 Å². The van der Waals surface area contributed by atoms with Crippen molar-refractivity contribution in [2.24, 2.45) is 5.92 Å². The van der Waals surface area contributed by atoms with Crippen LogP contribution < -0.4 is 5.11 Å². The first-order valence-corrected chi connectivity index (χ1v) is 6.03. The Morgan fingerprint density at radius 2 is 1.88 bits per heavy atom. The summed E-state index contributed by atoms with van der Waals surface area (Å²) < 4.78 is 5.27. The van der Waals surface area contributed by atoms with Gasteiger partial charge in [0.05, 0.1) is 0 Å². The summed E-state index contributed by atoms with van der Waals surface area (Å²) in [6.07, 6.45) is 1.60. The Bertz CT molecular complexity index is 377. The fourth-order valence-corrected chi connectivity index (χ4v) is 2.42. The molecule has 0 aliphatic carbocycles. The van der Waals surface area contributed by atoms with E-state index in [9.17, 15) is 9.90 Å². The maximum absolute atomic E-state index is 11.3. The first-order chi connectivity index (χ1) is 8.18. The Morgan fingerprint density at radius 3 is 2.41 bits per heavy atom. The number of carbonyl (C=O) groups is 1.